The van der Waals surface area contributed by atoms with Crippen LogP contribution in [0.5, 0.6) is 0 Å². The Morgan fingerprint density at radius 2 is 2.05 bits per heavy atom. The topological polar surface area (TPSA) is 42.7 Å². The van der Waals surface area contributed by atoms with E-state index < -0.39 is 0 Å². The molecule has 5 heteroatoms. The summed E-state index contributed by atoms with van der Waals surface area (Å²) in [4.78, 5) is 0. The molecule has 1 heterocycles. The van der Waals surface area contributed by atoms with Crippen molar-refractivity contribution in [2.75, 3.05) is 0 Å². The maximum Gasteiger partial charge on any atom is 0.126 e. The number of benzene rings is 1. The van der Waals surface area contributed by atoms with E-state index in [4.69, 9.17) is 0 Å². The largest absolute Gasteiger partial charge is 0.306 e. The molecule has 2 rings (SSSR count). The van der Waals surface area contributed by atoms with Gasteiger partial charge in [-0.3, -0.25) is 0 Å². The summed E-state index contributed by atoms with van der Waals surface area (Å²) >= 11 is 0. The van der Waals surface area contributed by atoms with Crippen LogP contribution in [0.15, 0.2) is 24.4 Å². The fraction of sp³-hybridized carbons (Fsp3) is 0.429. The van der Waals surface area contributed by atoms with E-state index in [-0.39, 0.29) is 11.4 Å². The van der Waals surface area contributed by atoms with Crippen LogP contribution in [-0.2, 0) is 6.54 Å². The predicted molar refractivity (Wildman–Crippen MR) is 72.6 cm³/mol. The second-order valence-electron chi connectivity index (χ2n) is 5.69. The van der Waals surface area contributed by atoms with Gasteiger partial charge in [-0.1, -0.05) is 5.21 Å². The SMILES string of the molecule is Cc1cc(-n2cc(CNC(C)(C)C)nn2)ccc1F. The van der Waals surface area contributed by atoms with E-state index in [1.165, 1.54) is 6.07 Å². The van der Waals surface area contributed by atoms with Gasteiger partial charge in [0, 0.05) is 12.1 Å². The molecule has 19 heavy (non-hydrogen) atoms. The summed E-state index contributed by atoms with van der Waals surface area (Å²) in [6.45, 7) is 8.68. The molecule has 0 saturated carbocycles. The molecule has 0 fully saturated rings. The summed E-state index contributed by atoms with van der Waals surface area (Å²) in [5, 5.41) is 11.5. The first-order valence-corrected chi connectivity index (χ1v) is 6.28. The number of aromatic nitrogens is 3. The minimum absolute atomic E-state index is 0.0379. The molecule has 0 aliphatic carbocycles. The van der Waals surface area contributed by atoms with Crippen LogP contribution in [0, 0.1) is 12.7 Å². The molecule has 0 amide bonds. The highest BCUT2D eigenvalue weighted by molar-refractivity contribution is 5.35. The molecular weight excluding hydrogens is 243 g/mol. The first-order valence-electron chi connectivity index (χ1n) is 6.28. The molecule has 0 unspecified atom stereocenters. The maximum absolute atomic E-state index is 13.2. The fourth-order valence-electron chi connectivity index (χ4n) is 1.63. The second-order valence-corrected chi connectivity index (χ2v) is 5.69. The normalized spacial score (nSPS) is 11.8. The minimum Gasteiger partial charge on any atom is -0.306 e. The number of nitrogens with one attached hydrogen (secondary N) is 1. The van der Waals surface area contributed by atoms with Crippen LogP contribution in [0.3, 0.4) is 0 Å². The zero-order chi connectivity index (χ0) is 14.0. The Balaban J connectivity index is 2.14. The number of nitrogens with zero attached hydrogens (tertiary/aromatic N) is 3. The molecule has 0 spiro atoms. The van der Waals surface area contributed by atoms with Crippen molar-refractivity contribution in [3.05, 3.63) is 41.5 Å². The molecule has 2 aromatic rings. The molecule has 0 aliphatic heterocycles. The molecule has 4 nitrogen and oxygen atoms in total. The van der Waals surface area contributed by atoms with E-state index in [1.807, 2.05) is 6.20 Å². The van der Waals surface area contributed by atoms with Gasteiger partial charge < -0.3 is 5.32 Å². The van der Waals surface area contributed by atoms with Crippen LogP contribution in [0.4, 0.5) is 4.39 Å². The molecular formula is C14H19FN4. The van der Waals surface area contributed by atoms with E-state index in [0.717, 1.165) is 11.4 Å². The van der Waals surface area contributed by atoms with E-state index in [0.29, 0.717) is 12.1 Å². The van der Waals surface area contributed by atoms with Gasteiger partial charge in [-0.25, -0.2) is 9.07 Å². The number of hydrogen-bond acceptors (Lipinski definition) is 3. The molecule has 102 valence electrons. The Morgan fingerprint density at radius 1 is 1.32 bits per heavy atom. The summed E-state index contributed by atoms with van der Waals surface area (Å²) in [5.41, 5.74) is 2.31. The van der Waals surface area contributed by atoms with Crippen molar-refractivity contribution < 1.29 is 4.39 Å². The summed E-state index contributed by atoms with van der Waals surface area (Å²) in [7, 11) is 0. The highest BCUT2D eigenvalue weighted by Crippen LogP contribution is 2.13. The Bertz CT molecular complexity index is 569. The minimum atomic E-state index is -0.210. The van der Waals surface area contributed by atoms with Crippen LogP contribution in [-0.4, -0.2) is 20.5 Å². The van der Waals surface area contributed by atoms with Crippen molar-refractivity contribution >= 4 is 0 Å². The maximum atomic E-state index is 13.2. The quantitative estimate of drug-likeness (QED) is 0.924. The summed E-state index contributed by atoms with van der Waals surface area (Å²) in [6.07, 6.45) is 1.85. The van der Waals surface area contributed by atoms with Crippen molar-refractivity contribution in [3.8, 4) is 5.69 Å². The second kappa shape index (κ2) is 5.09. The molecule has 1 N–H and O–H groups in total. The molecule has 1 aromatic heterocycles. The molecule has 1 aromatic carbocycles. The average Bonchev–Trinajstić information content (AvgIpc) is 2.78. The van der Waals surface area contributed by atoms with Gasteiger partial charge >= 0.3 is 0 Å². The van der Waals surface area contributed by atoms with E-state index in [1.54, 1.807) is 23.7 Å². The smallest absolute Gasteiger partial charge is 0.126 e. The van der Waals surface area contributed by atoms with E-state index in [2.05, 4.69) is 36.4 Å². The Kier molecular flexibility index (Phi) is 3.66. The Labute approximate surface area is 112 Å². The van der Waals surface area contributed by atoms with Crippen molar-refractivity contribution in [2.24, 2.45) is 0 Å². The Morgan fingerprint density at radius 3 is 2.68 bits per heavy atom. The molecule has 0 aliphatic rings. The number of rotatable bonds is 3. The van der Waals surface area contributed by atoms with Crippen molar-refractivity contribution in [1.29, 1.82) is 0 Å². The third kappa shape index (κ3) is 3.61. The van der Waals surface area contributed by atoms with Gasteiger partial charge in [-0.15, -0.1) is 5.10 Å². The molecule has 0 bridgehead atoms. The van der Waals surface area contributed by atoms with Crippen LogP contribution in [0.2, 0.25) is 0 Å². The van der Waals surface area contributed by atoms with E-state index >= 15 is 0 Å². The van der Waals surface area contributed by atoms with Crippen LogP contribution in [0.25, 0.3) is 5.69 Å². The molecule has 0 saturated heterocycles. The third-order valence-electron chi connectivity index (χ3n) is 2.75. The van der Waals surface area contributed by atoms with Crippen molar-refractivity contribution in [3.63, 3.8) is 0 Å². The van der Waals surface area contributed by atoms with E-state index in [9.17, 15) is 4.39 Å². The van der Waals surface area contributed by atoms with Crippen molar-refractivity contribution in [1.82, 2.24) is 20.3 Å². The predicted octanol–water partition coefficient (Wildman–Crippen LogP) is 2.60. The van der Waals surface area contributed by atoms with Gasteiger partial charge in [0.15, 0.2) is 0 Å². The summed E-state index contributed by atoms with van der Waals surface area (Å²) < 4.78 is 14.9. The van der Waals surface area contributed by atoms with Gasteiger partial charge in [-0.2, -0.15) is 0 Å². The van der Waals surface area contributed by atoms with Crippen molar-refractivity contribution in [2.45, 2.75) is 39.8 Å². The monoisotopic (exact) mass is 262 g/mol. The molecule has 0 atom stereocenters. The molecule has 0 radical (unpaired) electrons. The number of hydrogen-bond donors (Lipinski definition) is 1. The zero-order valence-electron chi connectivity index (χ0n) is 11.7. The zero-order valence-corrected chi connectivity index (χ0v) is 11.7. The lowest BCUT2D eigenvalue weighted by atomic mass is 10.1. The van der Waals surface area contributed by atoms with Crippen LogP contribution < -0.4 is 5.32 Å². The van der Waals surface area contributed by atoms with Crippen LogP contribution in [0.1, 0.15) is 32.0 Å². The van der Waals surface area contributed by atoms with Gasteiger partial charge in [0.2, 0.25) is 0 Å². The average molecular weight is 262 g/mol. The first kappa shape index (κ1) is 13.7. The summed E-state index contributed by atoms with van der Waals surface area (Å²) in [5.74, 6) is -0.210. The summed E-state index contributed by atoms with van der Waals surface area (Å²) in [6, 6.07) is 4.89. The number of aryl methyl sites for hydroxylation is 1. The Hall–Kier alpha value is -1.75. The van der Waals surface area contributed by atoms with Gasteiger partial charge in [0.05, 0.1) is 17.6 Å². The standard InChI is InChI=1S/C14H19FN4/c1-10-7-12(5-6-13(10)15)19-9-11(17-18-19)8-16-14(2,3)4/h5-7,9,16H,8H2,1-4H3. The first-order chi connectivity index (χ1) is 8.85. The van der Waals surface area contributed by atoms with Gasteiger partial charge in [-0.05, 0) is 51.5 Å². The lowest BCUT2D eigenvalue weighted by Crippen LogP contribution is -2.35. The lowest BCUT2D eigenvalue weighted by molar-refractivity contribution is 0.421. The van der Waals surface area contributed by atoms with Gasteiger partial charge in [0.1, 0.15) is 5.82 Å². The third-order valence-corrected chi connectivity index (χ3v) is 2.75. The fourth-order valence-corrected chi connectivity index (χ4v) is 1.63. The lowest BCUT2D eigenvalue weighted by Gasteiger charge is -2.19. The highest BCUT2D eigenvalue weighted by atomic mass is 19.1. The van der Waals surface area contributed by atoms with Gasteiger partial charge in [0.25, 0.3) is 0 Å². The number of halogens is 1. The highest BCUT2D eigenvalue weighted by Gasteiger charge is 2.10. The van der Waals surface area contributed by atoms with Crippen LogP contribution >= 0.6 is 0 Å².